The number of nitrogens with one attached hydrogen (secondary N) is 1. The third-order valence-corrected chi connectivity index (χ3v) is 6.52. The van der Waals surface area contributed by atoms with E-state index in [0.29, 0.717) is 5.57 Å². The number of phenols is 1. The zero-order valence-corrected chi connectivity index (χ0v) is 18.1. The Kier molecular flexibility index (Phi) is 4.23. The molecule has 33 heavy (non-hydrogen) atoms. The summed E-state index contributed by atoms with van der Waals surface area (Å²) in [6.45, 7) is 0.201. The summed E-state index contributed by atoms with van der Waals surface area (Å²) < 4.78 is 16.2. The van der Waals surface area contributed by atoms with Crippen molar-refractivity contribution in [1.82, 2.24) is 0 Å². The molecule has 0 saturated carbocycles. The second kappa shape index (κ2) is 7.17. The molecule has 0 radical (unpaired) electrons. The highest BCUT2D eigenvalue weighted by Gasteiger charge is 2.40. The maximum atomic E-state index is 12.9. The van der Waals surface area contributed by atoms with Gasteiger partial charge in [-0.15, -0.1) is 0 Å². The van der Waals surface area contributed by atoms with E-state index in [-0.39, 0.29) is 29.8 Å². The Labute approximate surface area is 190 Å². The molecule has 4 aromatic carbocycles. The minimum absolute atomic E-state index is 0.0787. The van der Waals surface area contributed by atoms with Crippen LogP contribution in [0.15, 0.2) is 71.9 Å². The first-order valence-corrected chi connectivity index (χ1v) is 10.7. The zero-order valence-electron chi connectivity index (χ0n) is 18.1. The molecule has 2 aliphatic heterocycles. The van der Waals surface area contributed by atoms with E-state index in [1.165, 1.54) is 14.2 Å². The normalized spacial score (nSPS) is 16.9. The zero-order chi connectivity index (χ0) is 22.7. The summed E-state index contributed by atoms with van der Waals surface area (Å²) in [4.78, 5) is 12.9. The summed E-state index contributed by atoms with van der Waals surface area (Å²) in [5.41, 5.74) is 3.99. The van der Waals surface area contributed by atoms with Gasteiger partial charge in [0.25, 0.3) is 0 Å². The number of methoxy groups -OCH3 is 2. The number of cyclic esters (lactones) is 1. The number of carbonyl (C=O) groups is 1. The Hall–Kier alpha value is -4.19. The summed E-state index contributed by atoms with van der Waals surface area (Å²) in [6.07, 6.45) is 0. The number of hydrogen-bond donors (Lipinski definition) is 2. The number of anilines is 1. The minimum Gasteiger partial charge on any atom is -0.502 e. The number of benzene rings is 4. The molecule has 1 unspecified atom stereocenters. The van der Waals surface area contributed by atoms with Crippen molar-refractivity contribution in [2.75, 3.05) is 26.1 Å². The van der Waals surface area contributed by atoms with Crippen LogP contribution in [0.5, 0.6) is 17.2 Å². The van der Waals surface area contributed by atoms with Crippen LogP contribution in [0.3, 0.4) is 0 Å². The van der Waals surface area contributed by atoms with Crippen molar-refractivity contribution in [2.45, 2.75) is 5.92 Å². The SMILES string of the molecule is COc1cc(C2C3=C(COC3=O)Nc3ccc4cc5ccccc5cc4c32)cc(OC)c1O. The first-order valence-electron chi connectivity index (χ1n) is 10.7. The van der Waals surface area contributed by atoms with Crippen molar-refractivity contribution in [3.8, 4) is 17.2 Å². The van der Waals surface area contributed by atoms with E-state index in [4.69, 9.17) is 14.2 Å². The van der Waals surface area contributed by atoms with Gasteiger partial charge < -0.3 is 24.6 Å². The maximum Gasteiger partial charge on any atom is 0.337 e. The standard InChI is InChI=1S/C27H21NO5/c1-31-21-11-17(12-22(32-2)26(21)29)23-24-18-10-15-6-4-3-5-14(15)9-16(18)7-8-19(24)28-20-13-33-27(30)25(20)23/h3-12,23,28-29H,13H2,1-2H3. The van der Waals surface area contributed by atoms with Gasteiger partial charge in [-0.3, -0.25) is 0 Å². The number of rotatable bonds is 3. The lowest BCUT2D eigenvalue weighted by atomic mass is 9.78. The van der Waals surface area contributed by atoms with Crippen LogP contribution in [-0.4, -0.2) is 31.9 Å². The number of carbonyl (C=O) groups excluding carboxylic acids is 1. The van der Waals surface area contributed by atoms with Crippen LogP contribution in [0, 0.1) is 0 Å². The van der Waals surface area contributed by atoms with E-state index in [9.17, 15) is 9.90 Å². The lowest BCUT2D eigenvalue weighted by Gasteiger charge is -2.29. The Bertz CT molecular complexity index is 1480. The van der Waals surface area contributed by atoms with Gasteiger partial charge in [0.2, 0.25) is 5.75 Å². The second-order valence-electron chi connectivity index (χ2n) is 8.25. The molecular weight excluding hydrogens is 418 g/mol. The molecule has 6 nitrogen and oxygen atoms in total. The van der Waals surface area contributed by atoms with Gasteiger partial charge >= 0.3 is 5.97 Å². The predicted octanol–water partition coefficient (Wildman–Crippen LogP) is 5.08. The van der Waals surface area contributed by atoms with Crippen LogP contribution < -0.4 is 14.8 Å². The Morgan fingerprint density at radius 2 is 1.64 bits per heavy atom. The van der Waals surface area contributed by atoms with Crippen molar-refractivity contribution in [1.29, 1.82) is 0 Å². The van der Waals surface area contributed by atoms with Crippen molar-refractivity contribution in [3.05, 3.63) is 83.1 Å². The van der Waals surface area contributed by atoms with Gasteiger partial charge in [0.05, 0.1) is 25.5 Å². The van der Waals surface area contributed by atoms with Crippen LogP contribution in [0.2, 0.25) is 0 Å². The molecule has 2 aliphatic rings. The van der Waals surface area contributed by atoms with E-state index >= 15 is 0 Å². The molecule has 2 N–H and O–H groups in total. The monoisotopic (exact) mass is 439 g/mol. The molecule has 0 fully saturated rings. The molecule has 1 atom stereocenters. The fourth-order valence-electron chi connectivity index (χ4n) is 4.99. The fraction of sp³-hybridized carbons (Fsp3) is 0.148. The third kappa shape index (κ3) is 2.84. The lowest BCUT2D eigenvalue weighted by Crippen LogP contribution is -2.20. The molecule has 0 saturated heterocycles. The Morgan fingerprint density at radius 1 is 0.939 bits per heavy atom. The smallest absolute Gasteiger partial charge is 0.337 e. The van der Waals surface area contributed by atoms with E-state index in [0.717, 1.165) is 44.1 Å². The van der Waals surface area contributed by atoms with Crippen LogP contribution in [0.1, 0.15) is 17.0 Å². The molecule has 0 bridgehead atoms. The van der Waals surface area contributed by atoms with Gasteiger partial charge in [0, 0.05) is 11.6 Å². The average Bonchev–Trinajstić information content (AvgIpc) is 3.21. The molecule has 0 amide bonds. The number of fused-ring (bicyclic) bond motifs is 4. The number of esters is 1. The molecule has 164 valence electrons. The lowest BCUT2D eigenvalue weighted by molar-refractivity contribution is -0.136. The predicted molar refractivity (Wildman–Crippen MR) is 126 cm³/mol. The maximum absolute atomic E-state index is 12.9. The quantitative estimate of drug-likeness (QED) is 0.342. The van der Waals surface area contributed by atoms with E-state index < -0.39 is 5.92 Å². The Morgan fingerprint density at radius 3 is 2.33 bits per heavy atom. The van der Waals surface area contributed by atoms with E-state index in [1.807, 2.05) is 18.2 Å². The number of phenolic OH excluding ortho intramolecular Hbond substituents is 1. The molecule has 6 heteroatoms. The summed E-state index contributed by atoms with van der Waals surface area (Å²) >= 11 is 0. The van der Waals surface area contributed by atoms with Gasteiger partial charge in [-0.2, -0.15) is 0 Å². The average molecular weight is 439 g/mol. The van der Waals surface area contributed by atoms with Gasteiger partial charge in [-0.25, -0.2) is 4.79 Å². The molecule has 2 heterocycles. The summed E-state index contributed by atoms with van der Waals surface area (Å²) in [5.74, 6) is -0.284. The van der Waals surface area contributed by atoms with Crippen molar-refractivity contribution in [2.24, 2.45) is 0 Å². The minimum atomic E-state index is -0.417. The highest BCUT2D eigenvalue weighted by molar-refractivity contribution is 6.05. The van der Waals surface area contributed by atoms with E-state index in [2.05, 4.69) is 35.6 Å². The molecule has 0 spiro atoms. The van der Waals surface area contributed by atoms with Crippen LogP contribution in [-0.2, 0) is 9.53 Å². The summed E-state index contributed by atoms with van der Waals surface area (Å²) in [5, 5.41) is 18.3. The van der Waals surface area contributed by atoms with Crippen molar-refractivity contribution < 1.29 is 24.1 Å². The van der Waals surface area contributed by atoms with Crippen molar-refractivity contribution in [3.63, 3.8) is 0 Å². The van der Waals surface area contributed by atoms with Gasteiger partial charge in [0.1, 0.15) is 6.61 Å². The number of aromatic hydroxyl groups is 1. The second-order valence-corrected chi connectivity index (χ2v) is 8.25. The summed E-state index contributed by atoms with van der Waals surface area (Å²) in [6, 6.07) is 20.2. The molecular formula is C27H21NO5. The van der Waals surface area contributed by atoms with Crippen LogP contribution >= 0.6 is 0 Å². The molecule has 6 rings (SSSR count). The summed E-state index contributed by atoms with van der Waals surface area (Å²) in [7, 11) is 2.98. The topological polar surface area (TPSA) is 77.0 Å². The first kappa shape index (κ1) is 19.5. The van der Waals surface area contributed by atoms with Crippen LogP contribution in [0.25, 0.3) is 21.5 Å². The number of hydrogen-bond acceptors (Lipinski definition) is 6. The number of ether oxygens (including phenoxy) is 3. The third-order valence-electron chi connectivity index (χ3n) is 6.52. The largest absolute Gasteiger partial charge is 0.502 e. The van der Waals surface area contributed by atoms with Gasteiger partial charge in [-0.05, 0) is 63.0 Å². The Balaban J connectivity index is 1.69. The van der Waals surface area contributed by atoms with Gasteiger partial charge in [-0.1, -0.05) is 30.3 Å². The highest BCUT2D eigenvalue weighted by atomic mass is 16.5. The fourth-order valence-corrected chi connectivity index (χ4v) is 4.99. The first-order chi connectivity index (χ1) is 16.1. The molecule has 0 aliphatic carbocycles. The highest BCUT2D eigenvalue weighted by Crippen LogP contribution is 2.50. The van der Waals surface area contributed by atoms with E-state index in [1.54, 1.807) is 12.1 Å². The van der Waals surface area contributed by atoms with Crippen molar-refractivity contribution >= 4 is 33.2 Å². The van der Waals surface area contributed by atoms with Crippen LogP contribution in [0.4, 0.5) is 5.69 Å². The molecule has 4 aromatic rings. The molecule has 0 aromatic heterocycles. The van der Waals surface area contributed by atoms with Gasteiger partial charge in [0.15, 0.2) is 11.5 Å².